The molecule has 1 aromatic carbocycles. The van der Waals surface area contributed by atoms with Crippen LogP contribution in [0.2, 0.25) is 0 Å². The van der Waals surface area contributed by atoms with E-state index in [1.807, 2.05) is 37.4 Å². The average molecular weight is 562 g/mol. The van der Waals surface area contributed by atoms with Crippen molar-refractivity contribution in [1.29, 1.82) is 0 Å². The molecular formula is C30H37F2NO5S. The Kier molecular flexibility index (Phi) is 7.46. The van der Waals surface area contributed by atoms with E-state index >= 15 is 8.78 Å². The van der Waals surface area contributed by atoms with E-state index in [2.05, 4.69) is 0 Å². The van der Waals surface area contributed by atoms with Gasteiger partial charge in [0.15, 0.2) is 17.2 Å². The number of aliphatic hydroxyl groups is 2. The van der Waals surface area contributed by atoms with Crippen molar-refractivity contribution in [2.75, 3.05) is 19.4 Å². The van der Waals surface area contributed by atoms with Crippen LogP contribution >= 0.6 is 11.8 Å². The van der Waals surface area contributed by atoms with Crippen molar-refractivity contribution in [2.24, 2.45) is 34.5 Å². The second kappa shape index (κ2) is 10.2. The zero-order valence-corrected chi connectivity index (χ0v) is 23.3. The summed E-state index contributed by atoms with van der Waals surface area (Å²) in [4.78, 5) is 26.3. The van der Waals surface area contributed by atoms with Gasteiger partial charge in [-0.2, -0.15) is 5.06 Å². The van der Waals surface area contributed by atoms with E-state index in [4.69, 9.17) is 0 Å². The SMILES string of the molecule is CSc1ccc(CN(O)C[C@@H]2C[C@H]3[C@@H]4C[C@H](F)C5=CC(=O)C=C[C@]5(C)[C@@]4(F)[C@@H](O)C[C@]3(C)[C@H]2C(=O)CO)cc1. The number of halogens is 2. The molecule has 4 aliphatic carbocycles. The van der Waals surface area contributed by atoms with Gasteiger partial charge in [-0.1, -0.05) is 25.1 Å². The Balaban J connectivity index is 1.47. The first-order chi connectivity index (χ1) is 18.4. The monoisotopic (exact) mass is 561 g/mol. The minimum Gasteiger partial charge on any atom is -0.390 e. The van der Waals surface area contributed by atoms with Crippen LogP contribution in [-0.4, -0.2) is 69.4 Å². The van der Waals surface area contributed by atoms with Crippen LogP contribution in [0.3, 0.4) is 0 Å². The van der Waals surface area contributed by atoms with Gasteiger partial charge in [0.05, 0.1) is 6.10 Å². The van der Waals surface area contributed by atoms with Crippen molar-refractivity contribution >= 4 is 23.3 Å². The number of alkyl halides is 2. The first-order valence-corrected chi connectivity index (χ1v) is 14.8. The molecule has 3 N–H and O–H groups in total. The van der Waals surface area contributed by atoms with Gasteiger partial charge < -0.3 is 15.4 Å². The number of Topliss-reactive ketones (excluding diaryl/α,β-unsaturated/α-hetero) is 1. The molecular weight excluding hydrogens is 524 g/mol. The highest BCUT2D eigenvalue weighted by Crippen LogP contribution is 2.70. The molecule has 1 aromatic rings. The van der Waals surface area contributed by atoms with Gasteiger partial charge in [-0.25, -0.2) is 8.78 Å². The fourth-order valence-corrected chi connectivity index (χ4v) is 8.98. The lowest BCUT2D eigenvalue weighted by atomic mass is 9.45. The van der Waals surface area contributed by atoms with E-state index in [0.29, 0.717) is 6.42 Å². The third kappa shape index (κ3) is 4.36. The van der Waals surface area contributed by atoms with Gasteiger partial charge in [0, 0.05) is 35.2 Å². The number of fused-ring (bicyclic) bond motifs is 5. The third-order valence-corrected chi connectivity index (χ3v) is 11.0. The summed E-state index contributed by atoms with van der Waals surface area (Å²) in [7, 11) is 0. The largest absolute Gasteiger partial charge is 0.390 e. The number of benzene rings is 1. The first-order valence-electron chi connectivity index (χ1n) is 13.6. The topological polar surface area (TPSA) is 98.1 Å². The number of rotatable bonds is 7. The van der Waals surface area contributed by atoms with Crippen molar-refractivity contribution in [2.45, 2.75) is 62.5 Å². The standard InChI is InChI=1S/C30H37F2NO5S/c1-28-13-26(37)30(32)22(12-24(31)23-11-19(35)8-9-29(23,30)2)21(28)10-18(27(28)25(36)16-34)15-33(38)14-17-4-6-20(39-3)7-5-17/h4-9,11,18,21-22,24,26-27,34,37-38H,10,12-16H2,1-3H3/t18-,21-,22-,24-,26-,27+,28-,29-,30-/m0/s1. The van der Waals surface area contributed by atoms with Crippen LogP contribution in [0.5, 0.6) is 0 Å². The second-order valence-electron chi connectivity index (χ2n) is 12.2. The van der Waals surface area contributed by atoms with Crippen molar-refractivity contribution in [3.05, 3.63) is 53.6 Å². The van der Waals surface area contributed by atoms with Crippen molar-refractivity contribution in [3.63, 3.8) is 0 Å². The summed E-state index contributed by atoms with van der Waals surface area (Å²) < 4.78 is 33.0. The summed E-state index contributed by atoms with van der Waals surface area (Å²) in [5, 5.41) is 33.4. The van der Waals surface area contributed by atoms with Crippen LogP contribution in [0.4, 0.5) is 8.78 Å². The Labute approximate surface area is 232 Å². The maximum atomic E-state index is 17.4. The molecule has 39 heavy (non-hydrogen) atoms. The number of hydrogen-bond donors (Lipinski definition) is 3. The van der Waals surface area contributed by atoms with E-state index < -0.39 is 70.6 Å². The molecule has 6 nitrogen and oxygen atoms in total. The average Bonchev–Trinajstić information content (AvgIpc) is 3.18. The number of thioether (sulfide) groups is 1. The number of allylic oxidation sites excluding steroid dienone is 4. The van der Waals surface area contributed by atoms with Crippen LogP contribution in [0, 0.1) is 34.5 Å². The van der Waals surface area contributed by atoms with Crippen molar-refractivity contribution in [1.82, 2.24) is 5.06 Å². The highest BCUT2D eigenvalue weighted by Gasteiger charge is 2.73. The quantitative estimate of drug-likeness (QED) is 0.337. The Morgan fingerprint density at radius 2 is 1.87 bits per heavy atom. The van der Waals surface area contributed by atoms with Crippen LogP contribution in [0.1, 0.15) is 38.7 Å². The Morgan fingerprint density at radius 3 is 2.51 bits per heavy atom. The lowest BCUT2D eigenvalue weighted by molar-refractivity contribution is -0.202. The molecule has 0 saturated heterocycles. The van der Waals surface area contributed by atoms with Gasteiger partial charge in [0.25, 0.3) is 0 Å². The van der Waals surface area contributed by atoms with Gasteiger partial charge in [-0.15, -0.1) is 11.8 Å². The van der Waals surface area contributed by atoms with E-state index in [9.17, 15) is 25.0 Å². The van der Waals surface area contributed by atoms with Crippen LogP contribution in [-0.2, 0) is 16.1 Å². The normalized spacial score (nSPS) is 41.2. The molecule has 3 saturated carbocycles. The van der Waals surface area contributed by atoms with Gasteiger partial charge in [-0.05, 0) is 85.1 Å². The maximum Gasteiger partial charge on any atom is 0.178 e. The highest BCUT2D eigenvalue weighted by molar-refractivity contribution is 7.98. The summed E-state index contributed by atoms with van der Waals surface area (Å²) in [6.07, 6.45) is 2.83. The summed E-state index contributed by atoms with van der Waals surface area (Å²) in [6, 6.07) is 7.78. The molecule has 9 atom stereocenters. The molecule has 0 unspecified atom stereocenters. The Morgan fingerprint density at radius 1 is 1.18 bits per heavy atom. The van der Waals surface area contributed by atoms with Crippen LogP contribution < -0.4 is 0 Å². The number of aliphatic hydroxyl groups excluding tert-OH is 2. The minimum absolute atomic E-state index is 0.0409. The lowest BCUT2D eigenvalue weighted by Gasteiger charge is -2.62. The summed E-state index contributed by atoms with van der Waals surface area (Å²) in [5.41, 5.74) is -3.68. The minimum atomic E-state index is -2.23. The number of carbonyl (C=O) groups is 2. The third-order valence-electron chi connectivity index (χ3n) is 10.3. The van der Waals surface area contributed by atoms with Crippen molar-refractivity contribution in [3.8, 4) is 0 Å². The molecule has 212 valence electrons. The van der Waals surface area contributed by atoms with Gasteiger partial charge in [0.1, 0.15) is 12.8 Å². The van der Waals surface area contributed by atoms with Gasteiger partial charge in [0.2, 0.25) is 0 Å². The van der Waals surface area contributed by atoms with E-state index in [1.165, 1.54) is 12.2 Å². The van der Waals surface area contributed by atoms with Gasteiger partial charge in [-0.3, -0.25) is 9.59 Å². The maximum absolute atomic E-state index is 17.4. The lowest BCUT2D eigenvalue weighted by Crippen LogP contribution is -2.68. The molecule has 9 heteroatoms. The number of hydrogen-bond acceptors (Lipinski definition) is 7. The summed E-state index contributed by atoms with van der Waals surface area (Å²) in [6.45, 7) is 3.03. The number of carbonyl (C=O) groups excluding carboxylic acids is 2. The highest BCUT2D eigenvalue weighted by atomic mass is 32.2. The van der Waals surface area contributed by atoms with Crippen molar-refractivity contribution < 1.29 is 33.8 Å². The molecule has 4 aliphatic rings. The summed E-state index contributed by atoms with van der Waals surface area (Å²) in [5.74, 6) is -3.34. The van der Waals surface area contributed by atoms with E-state index in [0.717, 1.165) is 21.6 Å². The molecule has 5 rings (SSSR count). The molecule has 3 fully saturated rings. The molecule has 0 spiro atoms. The molecule has 0 aliphatic heterocycles. The Hall–Kier alpha value is -1.91. The smallest absolute Gasteiger partial charge is 0.178 e. The molecule has 0 amide bonds. The van der Waals surface area contributed by atoms with E-state index in [1.54, 1.807) is 18.7 Å². The van der Waals surface area contributed by atoms with Crippen LogP contribution in [0.15, 0.2) is 53.0 Å². The predicted octanol–water partition coefficient (Wildman–Crippen LogP) is 4.32. The number of nitrogens with zero attached hydrogens (tertiary/aromatic N) is 1. The number of ketones is 2. The fraction of sp³-hybridized carbons (Fsp3) is 0.600. The molecule has 0 radical (unpaired) electrons. The Bertz CT molecular complexity index is 1210. The summed E-state index contributed by atoms with van der Waals surface area (Å²) >= 11 is 1.62. The molecule has 0 aromatic heterocycles. The fourth-order valence-electron chi connectivity index (χ4n) is 8.57. The number of hydroxylamine groups is 2. The van der Waals surface area contributed by atoms with Crippen LogP contribution in [0.25, 0.3) is 0 Å². The molecule has 0 heterocycles. The second-order valence-corrected chi connectivity index (χ2v) is 13.1. The predicted molar refractivity (Wildman–Crippen MR) is 144 cm³/mol. The molecule has 0 bridgehead atoms. The van der Waals surface area contributed by atoms with Gasteiger partial charge >= 0.3 is 0 Å². The zero-order valence-electron chi connectivity index (χ0n) is 22.5. The first kappa shape index (κ1) is 28.6. The van der Waals surface area contributed by atoms with E-state index in [-0.39, 0.29) is 31.5 Å². The zero-order chi connectivity index (χ0) is 28.3.